The highest BCUT2D eigenvalue weighted by Crippen LogP contribution is 2.36. The Bertz CT molecular complexity index is 793. The van der Waals surface area contributed by atoms with Gasteiger partial charge < -0.3 is 23.8 Å². The van der Waals surface area contributed by atoms with E-state index in [2.05, 4.69) is 17.9 Å². The zero-order chi connectivity index (χ0) is 21.1. The van der Waals surface area contributed by atoms with Crippen LogP contribution in [-0.4, -0.2) is 55.6 Å². The van der Waals surface area contributed by atoms with Crippen molar-refractivity contribution in [2.75, 3.05) is 18.1 Å². The lowest BCUT2D eigenvalue weighted by atomic mass is 9.99. The highest BCUT2D eigenvalue weighted by molar-refractivity contribution is 5.68. The van der Waals surface area contributed by atoms with Gasteiger partial charge in [0.15, 0.2) is 6.10 Å². The number of benzene rings is 1. The van der Waals surface area contributed by atoms with Crippen LogP contribution in [0.1, 0.15) is 38.3 Å². The van der Waals surface area contributed by atoms with Crippen LogP contribution < -0.4 is 4.90 Å². The van der Waals surface area contributed by atoms with Gasteiger partial charge in [0.05, 0.1) is 0 Å². The number of nitrogens with zero attached hydrogens (tertiary/aromatic N) is 1. The van der Waals surface area contributed by atoms with Gasteiger partial charge in [0.1, 0.15) is 25.0 Å². The second kappa shape index (κ2) is 8.82. The molecule has 1 aromatic carbocycles. The van der Waals surface area contributed by atoms with Crippen LogP contribution in [0.2, 0.25) is 0 Å². The predicted molar refractivity (Wildman–Crippen MR) is 103 cm³/mol. The normalized spacial score (nSPS) is 25.9. The van der Waals surface area contributed by atoms with Gasteiger partial charge >= 0.3 is 17.9 Å². The molecule has 0 amide bonds. The van der Waals surface area contributed by atoms with E-state index >= 15 is 0 Å². The summed E-state index contributed by atoms with van der Waals surface area (Å²) in [5, 5.41) is 0. The predicted octanol–water partition coefficient (Wildman–Crippen LogP) is 1.90. The smallest absolute Gasteiger partial charge is 0.303 e. The average Bonchev–Trinajstić information content (AvgIpc) is 3.06. The number of aryl methyl sites for hydroxylation is 1. The molecule has 1 saturated heterocycles. The molecule has 0 radical (unpaired) electrons. The zero-order valence-corrected chi connectivity index (χ0v) is 17.2. The molecule has 1 aromatic rings. The van der Waals surface area contributed by atoms with Crippen molar-refractivity contribution in [3.05, 3.63) is 29.3 Å². The third kappa shape index (κ3) is 4.87. The third-order valence-electron chi connectivity index (χ3n) is 5.21. The Balaban J connectivity index is 1.88. The van der Waals surface area contributed by atoms with Crippen molar-refractivity contribution < 1.29 is 33.3 Å². The monoisotopic (exact) mass is 405 g/mol. The molecule has 1 fully saturated rings. The Kier molecular flexibility index (Phi) is 6.42. The quantitative estimate of drug-likeness (QED) is 0.542. The summed E-state index contributed by atoms with van der Waals surface area (Å²) in [6.07, 6.45) is -1.49. The van der Waals surface area contributed by atoms with E-state index in [1.54, 1.807) is 0 Å². The third-order valence-corrected chi connectivity index (χ3v) is 5.21. The first-order valence-electron chi connectivity index (χ1n) is 9.74. The van der Waals surface area contributed by atoms with E-state index in [-0.39, 0.29) is 6.61 Å². The minimum atomic E-state index is -0.855. The molecule has 8 nitrogen and oxygen atoms in total. The lowest BCUT2D eigenvalue weighted by Gasteiger charge is -2.43. The van der Waals surface area contributed by atoms with Gasteiger partial charge in [0.25, 0.3) is 0 Å². The van der Waals surface area contributed by atoms with E-state index < -0.39 is 42.4 Å². The van der Waals surface area contributed by atoms with Gasteiger partial charge in [0, 0.05) is 39.4 Å². The van der Waals surface area contributed by atoms with Gasteiger partial charge in [-0.2, -0.15) is 0 Å². The fourth-order valence-electron chi connectivity index (χ4n) is 4.05. The fourth-order valence-corrected chi connectivity index (χ4v) is 4.05. The molecule has 4 atom stereocenters. The fraction of sp³-hybridized carbons (Fsp3) is 0.571. The van der Waals surface area contributed by atoms with Crippen molar-refractivity contribution in [2.24, 2.45) is 0 Å². The molecule has 158 valence electrons. The van der Waals surface area contributed by atoms with Gasteiger partial charge in [-0.3, -0.25) is 14.4 Å². The minimum absolute atomic E-state index is 0.101. The number of ether oxygens (including phenoxy) is 4. The van der Waals surface area contributed by atoms with E-state index in [0.717, 1.165) is 18.7 Å². The van der Waals surface area contributed by atoms with Crippen molar-refractivity contribution in [1.82, 2.24) is 0 Å². The summed E-state index contributed by atoms with van der Waals surface area (Å²) in [7, 11) is 0. The molecule has 0 aromatic heterocycles. The molecule has 2 heterocycles. The molecule has 8 heteroatoms. The minimum Gasteiger partial charge on any atom is -0.463 e. The second-order valence-electron chi connectivity index (χ2n) is 7.41. The topological polar surface area (TPSA) is 91.4 Å². The maximum Gasteiger partial charge on any atom is 0.303 e. The summed E-state index contributed by atoms with van der Waals surface area (Å²) < 4.78 is 22.2. The number of carbonyl (C=O) groups is 3. The van der Waals surface area contributed by atoms with Gasteiger partial charge in [-0.05, 0) is 30.5 Å². The summed E-state index contributed by atoms with van der Waals surface area (Å²) in [6, 6.07) is 6.11. The first-order valence-corrected chi connectivity index (χ1v) is 9.74. The standard InChI is InChI=1S/C21H27NO7/c1-12-6-5-7-17-16(12)8-9-22(17)20-10-18(27-14(3)24)21(28-15(4)25)19(29-20)11-26-13(2)23/h5-7,18-21H,8-11H2,1-4H3. The van der Waals surface area contributed by atoms with E-state index in [0.29, 0.717) is 6.42 Å². The maximum atomic E-state index is 11.7. The van der Waals surface area contributed by atoms with Crippen molar-refractivity contribution in [3.63, 3.8) is 0 Å². The Morgan fingerprint density at radius 2 is 1.83 bits per heavy atom. The van der Waals surface area contributed by atoms with Crippen LogP contribution in [0.15, 0.2) is 18.2 Å². The molecule has 29 heavy (non-hydrogen) atoms. The van der Waals surface area contributed by atoms with Crippen LogP contribution in [0.4, 0.5) is 5.69 Å². The summed E-state index contributed by atoms with van der Waals surface area (Å²) in [5.41, 5.74) is 3.55. The highest BCUT2D eigenvalue weighted by Gasteiger charge is 2.46. The molecule has 3 rings (SSSR count). The number of fused-ring (bicyclic) bond motifs is 1. The summed E-state index contributed by atoms with van der Waals surface area (Å²) >= 11 is 0. The largest absolute Gasteiger partial charge is 0.463 e. The Morgan fingerprint density at radius 1 is 1.10 bits per heavy atom. The van der Waals surface area contributed by atoms with Gasteiger partial charge in [0.2, 0.25) is 0 Å². The number of carbonyl (C=O) groups excluding carboxylic acids is 3. The number of rotatable bonds is 5. The van der Waals surface area contributed by atoms with Crippen molar-refractivity contribution >= 4 is 23.6 Å². The summed E-state index contributed by atoms with van der Waals surface area (Å²) in [4.78, 5) is 36.8. The molecule has 4 unspecified atom stereocenters. The lowest BCUT2D eigenvalue weighted by molar-refractivity contribution is -0.214. The molecule has 0 bridgehead atoms. The Labute approximate surface area is 170 Å². The van der Waals surface area contributed by atoms with Crippen molar-refractivity contribution in [1.29, 1.82) is 0 Å². The Morgan fingerprint density at radius 3 is 2.48 bits per heavy atom. The first kappa shape index (κ1) is 21.1. The van der Waals surface area contributed by atoms with Crippen molar-refractivity contribution in [2.45, 2.75) is 65.1 Å². The summed E-state index contributed by atoms with van der Waals surface area (Å²) in [5.74, 6) is -1.47. The SMILES string of the molecule is CC(=O)OCC1OC(N2CCc3c(C)cccc32)CC(OC(C)=O)C1OC(C)=O. The molecule has 0 aliphatic carbocycles. The summed E-state index contributed by atoms with van der Waals surface area (Å²) in [6.45, 7) is 6.62. The van der Waals surface area contributed by atoms with Gasteiger partial charge in [-0.15, -0.1) is 0 Å². The lowest BCUT2D eigenvalue weighted by Crippen LogP contribution is -2.57. The zero-order valence-electron chi connectivity index (χ0n) is 17.2. The van der Waals surface area contributed by atoms with E-state index in [1.807, 2.05) is 12.1 Å². The molecule has 2 aliphatic rings. The van der Waals surface area contributed by atoms with Gasteiger partial charge in [-0.1, -0.05) is 12.1 Å². The van der Waals surface area contributed by atoms with Crippen LogP contribution in [0, 0.1) is 6.92 Å². The first-order chi connectivity index (χ1) is 13.8. The number of esters is 3. The Hall–Kier alpha value is -2.61. The number of anilines is 1. The van der Waals surface area contributed by atoms with Crippen LogP contribution >= 0.6 is 0 Å². The van der Waals surface area contributed by atoms with Crippen molar-refractivity contribution in [3.8, 4) is 0 Å². The maximum absolute atomic E-state index is 11.7. The molecular formula is C21H27NO7. The van der Waals surface area contributed by atoms with Crippen LogP contribution in [0.25, 0.3) is 0 Å². The molecule has 0 N–H and O–H groups in total. The van der Waals surface area contributed by atoms with Gasteiger partial charge in [-0.25, -0.2) is 0 Å². The highest BCUT2D eigenvalue weighted by atomic mass is 16.6. The second-order valence-corrected chi connectivity index (χ2v) is 7.41. The molecule has 2 aliphatic heterocycles. The number of hydrogen-bond acceptors (Lipinski definition) is 8. The van der Waals surface area contributed by atoms with E-state index in [4.69, 9.17) is 18.9 Å². The van der Waals surface area contributed by atoms with Crippen LogP contribution in [0.3, 0.4) is 0 Å². The van der Waals surface area contributed by atoms with Crippen LogP contribution in [-0.2, 0) is 39.8 Å². The number of hydrogen-bond donors (Lipinski definition) is 0. The average molecular weight is 405 g/mol. The molecule has 0 spiro atoms. The van der Waals surface area contributed by atoms with E-state index in [1.165, 1.54) is 31.9 Å². The van der Waals surface area contributed by atoms with Crippen LogP contribution in [0.5, 0.6) is 0 Å². The molecular weight excluding hydrogens is 378 g/mol. The molecule has 0 saturated carbocycles. The van der Waals surface area contributed by atoms with E-state index in [9.17, 15) is 14.4 Å².